The fraction of sp³-hybridized carbons (Fsp3) is 0.259. The molecule has 0 saturated heterocycles. The highest BCUT2D eigenvalue weighted by Gasteiger charge is 2.39. The number of fused-ring (bicyclic) bond motifs is 1. The van der Waals surface area contributed by atoms with Crippen LogP contribution in [0.1, 0.15) is 46.1 Å². The quantitative estimate of drug-likeness (QED) is 0.418. The highest BCUT2D eigenvalue weighted by Crippen LogP contribution is 2.45. The van der Waals surface area contributed by atoms with Gasteiger partial charge in [0.25, 0.3) is 5.95 Å². The lowest BCUT2D eigenvalue weighted by Crippen LogP contribution is -2.38. The molecule has 1 amide bonds. The van der Waals surface area contributed by atoms with Gasteiger partial charge in [-0.3, -0.25) is 9.69 Å². The number of benzene rings is 2. The minimum Gasteiger partial charge on any atom is -0.496 e. The van der Waals surface area contributed by atoms with E-state index in [0.717, 1.165) is 39.5 Å². The van der Waals surface area contributed by atoms with Gasteiger partial charge in [-0.15, -0.1) is 0 Å². The summed E-state index contributed by atoms with van der Waals surface area (Å²) in [7, 11) is 1.63. The molecule has 4 aromatic rings. The molecule has 0 unspecified atom stereocenters. The first kappa shape index (κ1) is 22.7. The average molecular weight is 472 g/mol. The molecule has 0 saturated carbocycles. The van der Waals surface area contributed by atoms with Crippen molar-refractivity contribution in [1.29, 1.82) is 0 Å². The number of carbonyl (C=O) groups excluding carboxylic acids is 1. The number of amides is 1. The van der Waals surface area contributed by atoms with Gasteiger partial charge in [0.2, 0.25) is 5.91 Å². The zero-order chi connectivity index (χ0) is 24.7. The summed E-state index contributed by atoms with van der Waals surface area (Å²) in [6.07, 6.45) is 0.259. The Morgan fingerprint density at radius 3 is 2.40 bits per heavy atom. The van der Waals surface area contributed by atoms with Crippen LogP contribution in [0.3, 0.4) is 0 Å². The van der Waals surface area contributed by atoms with Crippen LogP contribution < -0.4 is 9.64 Å². The summed E-state index contributed by atoms with van der Waals surface area (Å²) < 4.78 is 20.8. The summed E-state index contributed by atoms with van der Waals surface area (Å²) in [4.78, 5) is 24.6. The second-order valence-electron chi connectivity index (χ2n) is 8.79. The molecular formula is C27H26FN5O2. The SMILES string of the molecule is COc1ccccc1[C@@H]1CC(=O)N(Cc2ccc(F)cc2)c2c1c(C)nn2-c1nc(C)cc(C)n1. The van der Waals surface area contributed by atoms with Gasteiger partial charge in [-0.1, -0.05) is 30.3 Å². The zero-order valence-electron chi connectivity index (χ0n) is 20.1. The molecule has 178 valence electrons. The molecule has 0 spiro atoms. The fourth-order valence-electron chi connectivity index (χ4n) is 4.80. The van der Waals surface area contributed by atoms with Gasteiger partial charge in [-0.05, 0) is 50.6 Å². The lowest BCUT2D eigenvalue weighted by atomic mass is 9.84. The van der Waals surface area contributed by atoms with E-state index in [-0.39, 0.29) is 30.6 Å². The van der Waals surface area contributed by atoms with Crippen LogP contribution in [-0.4, -0.2) is 32.8 Å². The predicted molar refractivity (Wildman–Crippen MR) is 130 cm³/mol. The van der Waals surface area contributed by atoms with Crippen LogP contribution in [0, 0.1) is 26.6 Å². The first-order valence-corrected chi connectivity index (χ1v) is 11.5. The number of rotatable bonds is 5. The summed E-state index contributed by atoms with van der Waals surface area (Å²) in [5.41, 5.74) is 5.07. The molecular weight excluding hydrogens is 445 g/mol. The number of ether oxygens (including phenoxy) is 1. The van der Waals surface area contributed by atoms with Crippen molar-refractivity contribution in [2.24, 2.45) is 0 Å². The monoisotopic (exact) mass is 471 g/mol. The molecule has 2 aromatic carbocycles. The summed E-state index contributed by atoms with van der Waals surface area (Å²) in [5, 5.41) is 4.81. The normalized spacial score (nSPS) is 15.3. The fourth-order valence-corrected chi connectivity index (χ4v) is 4.80. The number of halogens is 1. The molecule has 1 atom stereocenters. The van der Waals surface area contributed by atoms with Gasteiger partial charge in [0.15, 0.2) is 0 Å². The maximum atomic E-state index is 13.7. The van der Waals surface area contributed by atoms with E-state index in [4.69, 9.17) is 9.84 Å². The molecule has 0 aliphatic carbocycles. The van der Waals surface area contributed by atoms with E-state index >= 15 is 0 Å². The number of nitrogens with zero attached hydrogens (tertiary/aromatic N) is 5. The molecule has 35 heavy (non-hydrogen) atoms. The standard InChI is InChI=1S/C27H26FN5O2/c1-16-13-17(2)30-27(29-16)33-26-25(18(3)31-33)22(21-7-5-6-8-23(21)35-4)14-24(34)32(26)15-19-9-11-20(28)12-10-19/h5-13,22H,14-15H2,1-4H3/t22-/m0/s1. The first-order valence-electron chi connectivity index (χ1n) is 11.5. The Bertz CT molecular complexity index is 1390. The molecule has 0 fully saturated rings. The lowest BCUT2D eigenvalue weighted by molar-refractivity contribution is -0.119. The lowest BCUT2D eigenvalue weighted by Gasteiger charge is -2.33. The van der Waals surface area contributed by atoms with Crippen LogP contribution >= 0.6 is 0 Å². The molecule has 1 aliphatic rings. The van der Waals surface area contributed by atoms with Crippen LogP contribution in [0.4, 0.5) is 10.2 Å². The minimum absolute atomic E-state index is 0.0664. The Labute approximate surface area is 203 Å². The molecule has 2 aromatic heterocycles. The van der Waals surface area contributed by atoms with Gasteiger partial charge in [0.05, 0.1) is 19.3 Å². The second-order valence-corrected chi connectivity index (χ2v) is 8.79. The predicted octanol–water partition coefficient (Wildman–Crippen LogP) is 4.80. The zero-order valence-corrected chi connectivity index (χ0v) is 20.1. The molecule has 0 radical (unpaired) electrons. The summed E-state index contributed by atoms with van der Waals surface area (Å²) >= 11 is 0. The minimum atomic E-state index is -0.319. The Hall–Kier alpha value is -4.07. The van der Waals surface area contributed by atoms with Crippen LogP contribution in [0.5, 0.6) is 5.75 Å². The number of aromatic nitrogens is 4. The Balaban J connectivity index is 1.72. The average Bonchev–Trinajstić information content (AvgIpc) is 3.18. The number of methoxy groups -OCH3 is 1. The third-order valence-corrected chi connectivity index (χ3v) is 6.29. The van der Waals surface area contributed by atoms with E-state index in [1.165, 1.54) is 12.1 Å². The van der Waals surface area contributed by atoms with Crippen molar-refractivity contribution in [3.05, 3.63) is 94.2 Å². The van der Waals surface area contributed by atoms with Crippen molar-refractivity contribution in [2.45, 2.75) is 39.7 Å². The maximum Gasteiger partial charge on any atom is 0.252 e. The first-order chi connectivity index (χ1) is 16.9. The molecule has 0 bridgehead atoms. The molecule has 7 nitrogen and oxygen atoms in total. The van der Waals surface area contributed by atoms with Crippen LogP contribution in [0.25, 0.3) is 5.95 Å². The van der Waals surface area contributed by atoms with Crippen molar-refractivity contribution in [3.63, 3.8) is 0 Å². The Morgan fingerprint density at radius 2 is 1.71 bits per heavy atom. The summed E-state index contributed by atoms with van der Waals surface area (Å²) in [5.74, 6) is 1.13. The maximum absolute atomic E-state index is 13.7. The smallest absolute Gasteiger partial charge is 0.252 e. The van der Waals surface area contributed by atoms with Crippen LogP contribution in [-0.2, 0) is 11.3 Å². The van der Waals surface area contributed by atoms with E-state index in [1.54, 1.807) is 28.8 Å². The van der Waals surface area contributed by atoms with Gasteiger partial charge >= 0.3 is 0 Å². The third kappa shape index (κ3) is 4.16. The van der Waals surface area contributed by atoms with Crippen molar-refractivity contribution >= 4 is 11.7 Å². The number of hydrogen-bond donors (Lipinski definition) is 0. The summed E-state index contributed by atoms with van der Waals surface area (Å²) in [6, 6.07) is 15.8. The molecule has 5 rings (SSSR count). The molecule has 0 N–H and O–H groups in total. The Morgan fingerprint density at radius 1 is 1.03 bits per heavy atom. The number of para-hydroxylation sites is 1. The van der Waals surface area contributed by atoms with Crippen molar-refractivity contribution in [2.75, 3.05) is 12.0 Å². The number of carbonyl (C=O) groups is 1. The third-order valence-electron chi connectivity index (χ3n) is 6.29. The van der Waals surface area contributed by atoms with Crippen molar-refractivity contribution in [1.82, 2.24) is 19.7 Å². The van der Waals surface area contributed by atoms with Crippen molar-refractivity contribution in [3.8, 4) is 11.7 Å². The molecule has 1 aliphatic heterocycles. The van der Waals surface area contributed by atoms with E-state index in [1.807, 2.05) is 51.1 Å². The highest BCUT2D eigenvalue weighted by molar-refractivity contribution is 5.97. The van der Waals surface area contributed by atoms with Gasteiger partial charge in [0, 0.05) is 34.9 Å². The topological polar surface area (TPSA) is 73.1 Å². The van der Waals surface area contributed by atoms with Crippen LogP contribution in [0.15, 0.2) is 54.6 Å². The summed E-state index contributed by atoms with van der Waals surface area (Å²) in [6.45, 7) is 6.02. The number of hydrogen-bond acceptors (Lipinski definition) is 5. The molecule has 3 heterocycles. The number of aryl methyl sites for hydroxylation is 3. The second kappa shape index (κ2) is 8.94. The van der Waals surface area contributed by atoms with E-state index in [2.05, 4.69) is 9.97 Å². The van der Waals surface area contributed by atoms with E-state index < -0.39 is 0 Å². The Kier molecular flexibility index (Phi) is 5.80. The van der Waals surface area contributed by atoms with Gasteiger partial charge in [0.1, 0.15) is 17.4 Å². The largest absolute Gasteiger partial charge is 0.496 e. The van der Waals surface area contributed by atoms with Gasteiger partial charge in [-0.25, -0.2) is 14.4 Å². The van der Waals surface area contributed by atoms with Crippen LogP contribution in [0.2, 0.25) is 0 Å². The van der Waals surface area contributed by atoms with E-state index in [0.29, 0.717) is 11.8 Å². The van der Waals surface area contributed by atoms with Gasteiger partial charge < -0.3 is 4.74 Å². The highest BCUT2D eigenvalue weighted by atomic mass is 19.1. The number of anilines is 1. The van der Waals surface area contributed by atoms with Crippen molar-refractivity contribution < 1.29 is 13.9 Å². The van der Waals surface area contributed by atoms with E-state index in [9.17, 15) is 9.18 Å². The molecule has 8 heteroatoms. The van der Waals surface area contributed by atoms with Gasteiger partial charge in [-0.2, -0.15) is 9.78 Å².